The molecule has 1 amide bonds. The number of carbonyl (C=O) groups excluding carboxylic acids is 1. The fourth-order valence-corrected chi connectivity index (χ4v) is 2.77. The number of hydrogen-bond donors (Lipinski definition) is 1. The van der Waals surface area contributed by atoms with E-state index in [1.165, 1.54) is 0 Å². The van der Waals surface area contributed by atoms with Gasteiger partial charge in [-0.05, 0) is 61.6 Å². The van der Waals surface area contributed by atoms with E-state index in [2.05, 4.69) is 43.4 Å². The van der Waals surface area contributed by atoms with E-state index in [0.717, 1.165) is 54.2 Å². The molecule has 1 aliphatic rings. The van der Waals surface area contributed by atoms with Gasteiger partial charge in [-0.15, -0.1) is 0 Å². The van der Waals surface area contributed by atoms with Crippen molar-refractivity contribution in [1.82, 2.24) is 5.43 Å². The van der Waals surface area contributed by atoms with Gasteiger partial charge in [-0.25, -0.2) is 5.43 Å². The Bertz CT molecular complexity index is 569. The molecule has 1 saturated carbocycles. The normalized spacial score (nSPS) is 18.0. The molecule has 0 aromatic heterocycles. The molecule has 0 spiro atoms. The van der Waals surface area contributed by atoms with Crippen LogP contribution in [0.3, 0.4) is 0 Å². The zero-order chi connectivity index (χ0) is 16.8. The van der Waals surface area contributed by atoms with Gasteiger partial charge in [0.05, 0.1) is 0 Å². The minimum absolute atomic E-state index is 0.00361. The molecule has 0 bridgehead atoms. The third-order valence-corrected chi connectivity index (χ3v) is 4.34. The number of hydrogen-bond acceptors (Lipinski definition) is 3. The maximum Gasteiger partial charge on any atom is 0.277 e. The number of ether oxygens (including phenoxy) is 1. The zero-order valence-electron chi connectivity index (χ0n) is 14.7. The molecule has 126 valence electrons. The molecule has 0 atom stereocenters. The van der Waals surface area contributed by atoms with Crippen LogP contribution in [-0.2, 0) is 4.79 Å². The first kappa shape index (κ1) is 17.5. The van der Waals surface area contributed by atoms with Crippen LogP contribution in [0.25, 0.3) is 0 Å². The topological polar surface area (TPSA) is 50.7 Å². The Morgan fingerprint density at radius 1 is 1.35 bits per heavy atom. The van der Waals surface area contributed by atoms with E-state index in [-0.39, 0.29) is 12.5 Å². The number of nitrogens with zero attached hydrogens (tertiary/aromatic N) is 1. The fourth-order valence-electron chi connectivity index (χ4n) is 2.77. The van der Waals surface area contributed by atoms with Gasteiger partial charge < -0.3 is 4.74 Å². The maximum atomic E-state index is 11.9. The molecule has 1 N–H and O–H groups in total. The van der Waals surface area contributed by atoms with Crippen LogP contribution in [0.4, 0.5) is 0 Å². The predicted octanol–water partition coefficient (Wildman–Crippen LogP) is 4.18. The molecule has 1 aromatic rings. The lowest BCUT2D eigenvalue weighted by Gasteiger charge is -2.18. The first-order valence-electron chi connectivity index (χ1n) is 8.53. The van der Waals surface area contributed by atoms with Crippen LogP contribution < -0.4 is 10.2 Å². The van der Waals surface area contributed by atoms with Crippen LogP contribution in [0.5, 0.6) is 5.75 Å². The number of benzene rings is 1. The monoisotopic (exact) mass is 316 g/mol. The summed E-state index contributed by atoms with van der Waals surface area (Å²) < 4.78 is 5.72. The van der Waals surface area contributed by atoms with Crippen LogP contribution in [0.2, 0.25) is 0 Å². The summed E-state index contributed by atoms with van der Waals surface area (Å²) in [7, 11) is 0. The number of carbonyl (C=O) groups is 1. The van der Waals surface area contributed by atoms with Crippen molar-refractivity contribution >= 4 is 11.6 Å². The van der Waals surface area contributed by atoms with Crippen molar-refractivity contribution in [3.05, 3.63) is 29.3 Å². The summed E-state index contributed by atoms with van der Waals surface area (Å²) in [6.45, 7) is 8.52. The lowest BCUT2D eigenvalue weighted by atomic mass is 9.90. The second kappa shape index (κ2) is 8.14. The largest absolute Gasteiger partial charge is 0.483 e. The van der Waals surface area contributed by atoms with E-state index in [1.54, 1.807) is 0 Å². The van der Waals surface area contributed by atoms with Crippen molar-refractivity contribution < 1.29 is 9.53 Å². The van der Waals surface area contributed by atoms with E-state index in [0.29, 0.717) is 5.92 Å². The average Bonchev–Trinajstić information content (AvgIpc) is 2.52. The Balaban J connectivity index is 1.87. The molecule has 2 rings (SSSR count). The molecule has 0 saturated heterocycles. The lowest BCUT2D eigenvalue weighted by molar-refractivity contribution is -0.123. The van der Waals surface area contributed by atoms with Crippen molar-refractivity contribution in [3.63, 3.8) is 0 Å². The predicted molar refractivity (Wildman–Crippen MR) is 94.0 cm³/mol. The van der Waals surface area contributed by atoms with E-state index in [9.17, 15) is 4.79 Å². The summed E-state index contributed by atoms with van der Waals surface area (Å²) in [5.41, 5.74) is 5.96. The highest BCUT2D eigenvalue weighted by Crippen LogP contribution is 2.27. The first-order chi connectivity index (χ1) is 11.0. The Labute approximate surface area is 139 Å². The van der Waals surface area contributed by atoms with Crippen LogP contribution in [0.1, 0.15) is 63.5 Å². The second-order valence-electron chi connectivity index (χ2n) is 6.88. The van der Waals surface area contributed by atoms with Gasteiger partial charge in [0.1, 0.15) is 5.75 Å². The van der Waals surface area contributed by atoms with Gasteiger partial charge in [-0.3, -0.25) is 4.79 Å². The molecule has 4 nitrogen and oxygen atoms in total. The summed E-state index contributed by atoms with van der Waals surface area (Å²) in [5, 5.41) is 4.24. The number of rotatable bonds is 5. The Morgan fingerprint density at radius 3 is 2.70 bits per heavy atom. The van der Waals surface area contributed by atoms with Crippen LogP contribution in [-0.4, -0.2) is 18.2 Å². The molecule has 23 heavy (non-hydrogen) atoms. The number of hydrazone groups is 1. The SMILES string of the molecule is Cc1ccc(C(C)C)c(OCC(=O)NN=C2CCC(C)CC2)c1. The third kappa shape index (κ3) is 5.38. The summed E-state index contributed by atoms with van der Waals surface area (Å²) in [4.78, 5) is 11.9. The Morgan fingerprint density at radius 2 is 2.04 bits per heavy atom. The van der Waals surface area contributed by atoms with Crippen molar-refractivity contribution in [1.29, 1.82) is 0 Å². The van der Waals surface area contributed by atoms with Gasteiger partial charge in [0, 0.05) is 5.71 Å². The minimum Gasteiger partial charge on any atom is -0.483 e. The number of nitrogens with one attached hydrogen (secondary N) is 1. The highest BCUT2D eigenvalue weighted by Gasteiger charge is 2.14. The zero-order valence-corrected chi connectivity index (χ0v) is 14.7. The smallest absolute Gasteiger partial charge is 0.277 e. The van der Waals surface area contributed by atoms with Gasteiger partial charge in [-0.1, -0.05) is 32.9 Å². The van der Waals surface area contributed by atoms with Crippen LogP contribution in [0.15, 0.2) is 23.3 Å². The van der Waals surface area contributed by atoms with E-state index in [4.69, 9.17) is 4.74 Å². The van der Waals surface area contributed by atoms with Crippen molar-refractivity contribution in [2.75, 3.05) is 6.61 Å². The third-order valence-electron chi connectivity index (χ3n) is 4.34. The highest BCUT2D eigenvalue weighted by molar-refractivity contribution is 5.87. The molecule has 1 aromatic carbocycles. The Hall–Kier alpha value is -1.84. The van der Waals surface area contributed by atoms with E-state index >= 15 is 0 Å². The first-order valence-corrected chi connectivity index (χ1v) is 8.53. The summed E-state index contributed by atoms with van der Waals surface area (Å²) >= 11 is 0. The standard InChI is InChI=1S/C19H28N2O2/c1-13(2)17-10-7-15(4)11-18(17)23-12-19(22)21-20-16-8-5-14(3)6-9-16/h7,10-11,13-14H,5-6,8-9,12H2,1-4H3,(H,21,22). The number of amides is 1. The lowest BCUT2D eigenvalue weighted by Crippen LogP contribution is -2.27. The molecule has 0 aliphatic heterocycles. The average molecular weight is 316 g/mol. The molecular formula is C19H28N2O2. The van der Waals surface area contributed by atoms with Crippen LogP contribution >= 0.6 is 0 Å². The number of aryl methyl sites for hydroxylation is 1. The maximum absolute atomic E-state index is 11.9. The summed E-state index contributed by atoms with van der Waals surface area (Å²) in [6, 6.07) is 6.12. The molecular weight excluding hydrogens is 288 g/mol. The van der Waals surface area contributed by atoms with Gasteiger partial charge >= 0.3 is 0 Å². The van der Waals surface area contributed by atoms with Gasteiger partial charge in [0.25, 0.3) is 5.91 Å². The summed E-state index contributed by atoms with van der Waals surface area (Å²) in [6.07, 6.45) is 4.29. The molecule has 0 heterocycles. The second-order valence-corrected chi connectivity index (χ2v) is 6.88. The van der Waals surface area contributed by atoms with Gasteiger partial charge in [-0.2, -0.15) is 5.10 Å². The van der Waals surface area contributed by atoms with E-state index < -0.39 is 0 Å². The van der Waals surface area contributed by atoms with Crippen LogP contribution in [0, 0.1) is 12.8 Å². The fraction of sp³-hybridized carbons (Fsp3) is 0.579. The molecule has 1 fully saturated rings. The van der Waals surface area contributed by atoms with Gasteiger partial charge in [0.2, 0.25) is 0 Å². The molecule has 0 radical (unpaired) electrons. The highest BCUT2D eigenvalue weighted by atomic mass is 16.5. The Kier molecular flexibility index (Phi) is 6.20. The van der Waals surface area contributed by atoms with Gasteiger partial charge in [0.15, 0.2) is 6.61 Å². The minimum atomic E-state index is -0.202. The van der Waals surface area contributed by atoms with E-state index in [1.807, 2.05) is 13.0 Å². The quantitative estimate of drug-likeness (QED) is 0.829. The van der Waals surface area contributed by atoms with Crippen molar-refractivity contribution in [3.8, 4) is 5.75 Å². The molecule has 1 aliphatic carbocycles. The van der Waals surface area contributed by atoms with Crippen molar-refractivity contribution in [2.24, 2.45) is 11.0 Å². The molecule has 4 heteroatoms. The van der Waals surface area contributed by atoms with Crippen molar-refractivity contribution in [2.45, 2.75) is 59.3 Å². The molecule has 0 unspecified atom stereocenters. The summed E-state index contributed by atoms with van der Waals surface area (Å²) in [5.74, 6) is 1.71.